The fourth-order valence-corrected chi connectivity index (χ4v) is 1.64. The topological polar surface area (TPSA) is 39.1 Å². The average molecular weight is 195 g/mol. The number of nitrogens with zero attached hydrogens (tertiary/aromatic N) is 2. The molecule has 0 spiro atoms. The fraction of sp³-hybridized carbons (Fsp3) is 0.700. The zero-order valence-electron chi connectivity index (χ0n) is 8.79. The van der Waals surface area contributed by atoms with Crippen LogP contribution in [-0.4, -0.2) is 28.8 Å². The molecular formula is C10H17N3O. The second-order valence-corrected chi connectivity index (χ2v) is 3.82. The molecule has 0 amide bonds. The maximum Gasteiger partial charge on any atom is 0.122 e. The zero-order chi connectivity index (χ0) is 9.97. The van der Waals surface area contributed by atoms with Crippen molar-refractivity contribution in [1.82, 2.24) is 14.9 Å². The molecule has 14 heavy (non-hydrogen) atoms. The molecule has 1 fully saturated rings. The van der Waals surface area contributed by atoms with Gasteiger partial charge in [-0.15, -0.1) is 0 Å². The van der Waals surface area contributed by atoms with Crippen LogP contribution in [0.3, 0.4) is 0 Å². The molecule has 0 saturated carbocycles. The van der Waals surface area contributed by atoms with E-state index in [2.05, 4.69) is 21.8 Å². The van der Waals surface area contributed by atoms with Crippen LogP contribution in [0.2, 0.25) is 0 Å². The summed E-state index contributed by atoms with van der Waals surface area (Å²) in [5.74, 6) is 1.09. The van der Waals surface area contributed by atoms with Crippen molar-refractivity contribution in [2.45, 2.75) is 25.9 Å². The Kier molecular flexibility index (Phi) is 2.84. The minimum absolute atomic E-state index is 0.506. The summed E-state index contributed by atoms with van der Waals surface area (Å²) in [6.07, 6.45) is 3.02. The molecular weight excluding hydrogens is 178 g/mol. The maximum absolute atomic E-state index is 5.29. The van der Waals surface area contributed by atoms with Crippen LogP contribution in [0.1, 0.15) is 17.9 Å². The Morgan fingerprint density at radius 3 is 3.14 bits per heavy atom. The summed E-state index contributed by atoms with van der Waals surface area (Å²) < 4.78 is 7.41. The largest absolute Gasteiger partial charge is 0.380 e. The number of ether oxygens (including phenoxy) is 1. The Labute approximate surface area is 84.3 Å². The van der Waals surface area contributed by atoms with E-state index in [9.17, 15) is 0 Å². The highest BCUT2D eigenvalue weighted by Crippen LogP contribution is 2.05. The van der Waals surface area contributed by atoms with Crippen molar-refractivity contribution < 1.29 is 4.74 Å². The van der Waals surface area contributed by atoms with Gasteiger partial charge < -0.3 is 14.6 Å². The van der Waals surface area contributed by atoms with Crippen molar-refractivity contribution in [3.63, 3.8) is 0 Å². The number of hydrogen-bond acceptors (Lipinski definition) is 3. The second kappa shape index (κ2) is 4.11. The summed E-state index contributed by atoms with van der Waals surface area (Å²) in [5.41, 5.74) is 1.20. The number of nitrogens with one attached hydrogen (secondary N) is 1. The average Bonchev–Trinajstić information content (AvgIpc) is 2.77. The normalized spacial score (nSPS) is 21.7. The molecule has 2 heterocycles. The van der Waals surface area contributed by atoms with Gasteiger partial charge in [-0.2, -0.15) is 0 Å². The first-order chi connectivity index (χ1) is 6.77. The summed E-state index contributed by atoms with van der Waals surface area (Å²) in [6.45, 7) is 4.62. The predicted molar refractivity (Wildman–Crippen MR) is 54.0 cm³/mol. The molecule has 0 aliphatic carbocycles. The van der Waals surface area contributed by atoms with Crippen LogP contribution in [0, 0.1) is 6.92 Å². The third-order valence-electron chi connectivity index (χ3n) is 2.80. The van der Waals surface area contributed by atoms with E-state index in [0.29, 0.717) is 6.04 Å². The highest BCUT2D eigenvalue weighted by atomic mass is 16.5. The lowest BCUT2D eigenvalue weighted by Crippen LogP contribution is -2.29. The van der Waals surface area contributed by atoms with Crippen molar-refractivity contribution >= 4 is 0 Å². The third-order valence-corrected chi connectivity index (χ3v) is 2.80. The van der Waals surface area contributed by atoms with Crippen LogP contribution < -0.4 is 5.32 Å². The van der Waals surface area contributed by atoms with Gasteiger partial charge in [0.15, 0.2) is 0 Å². The van der Waals surface area contributed by atoms with Gasteiger partial charge in [0.2, 0.25) is 0 Å². The Bertz CT molecular complexity index is 302. The summed E-state index contributed by atoms with van der Waals surface area (Å²) in [7, 11) is 2.05. The zero-order valence-corrected chi connectivity index (χ0v) is 8.79. The first kappa shape index (κ1) is 9.68. The van der Waals surface area contributed by atoms with Crippen molar-refractivity contribution in [2.75, 3.05) is 13.2 Å². The number of rotatable bonds is 3. The molecule has 0 bridgehead atoms. The molecule has 1 unspecified atom stereocenters. The Hall–Kier alpha value is -0.870. The standard InChI is InChI=1S/C10H17N3O/c1-8-5-12-10(13(8)2)6-11-9-3-4-14-7-9/h5,9,11H,3-4,6-7H2,1-2H3. The molecule has 1 aliphatic rings. The summed E-state index contributed by atoms with van der Waals surface area (Å²) >= 11 is 0. The molecule has 1 aliphatic heterocycles. The highest BCUT2D eigenvalue weighted by molar-refractivity contribution is 5.02. The summed E-state index contributed by atoms with van der Waals surface area (Å²) in [5, 5.41) is 3.44. The van der Waals surface area contributed by atoms with E-state index >= 15 is 0 Å². The van der Waals surface area contributed by atoms with E-state index < -0.39 is 0 Å². The van der Waals surface area contributed by atoms with Gasteiger partial charge in [-0.1, -0.05) is 0 Å². The highest BCUT2D eigenvalue weighted by Gasteiger charge is 2.15. The van der Waals surface area contributed by atoms with Crippen LogP contribution in [-0.2, 0) is 18.3 Å². The van der Waals surface area contributed by atoms with E-state index in [-0.39, 0.29) is 0 Å². The van der Waals surface area contributed by atoms with E-state index in [0.717, 1.165) is 32.0 Å². The number of imidazole rings is 1. The minimum atomic E-state index is 0.506. The monoisotopic (exact) mass is 195 g/mol. The lowest BCUT2D eigenvalue weighted by Gasteiger charge is -2.10. The Morgan fingerprint density at radius 2 is 2.57 bits per heavy atom. The lowest BCUT2D eigenvalue weighted by atomic mass is 10.2. The smallest absolute Gasteiger partial charge is 0.122 e. The van der Waals surface area contributed by atoms with Gasteiger partial charge in [-0.25, -0.2) is 4.98 Å². The number of aromatic nitrogens is 2. The first-order valence-electron chi connectivity index (χ1n) is 5.05. The van der Waals surface area contributed by atoms with Gasteiger partial charge in [0.25, 0.3) is 0 Å². The van der Waals surface area contributed by atoms with Crippen molar-refractivity contribution in [3.05, 3.63) is 17.7 Å². The SMILES string of the molecule is Cc1cnc(CNC2CCOC2)n1C. The lowest BCUT2D eigenvalue weighted by molar-refractivity contribution is 0.189. The summed E-state index contributed by atoms with van der Waals surface area (Å²) in [6, 6.07) is 0.506. The molecule has 78 valence electrons. The van der Waals surface area contributed by atoms with Crippen LogP contribution in [0.5, 0.6) is 0 Å². The van der Waals surface area contributed by atoms with E-state index in [4.69, 9.17) is 4.74 Å². The molecule has 1 N–H and O–H groups in total. The minimum Gasteiger partial charge on any atom is -0.380 e. The quantitative estimate of drug-likeness (QED) is 0.768. The molecule has 1 aromatic heterocycles. The molecule has 0 aromatic carbocycles. The molecule has 1 saturated heterocycles. The molecule has 1 aromatic rings. The molecule has 2 rings (SSSR count). The van der Waals surface area contributed by atoms with E-state index in [1.165, 1.54) is 5.69 Å². The molecule has 0 radical (unpaired) electrons. The fourth-order valence-electron chi connectivity index (χ4n) is 1.64. The predicted octanol–water partition coefficient (Wildman–Crippen LogP) is 0.607. The third kappa shape index (κ3) is 1.96. The molecule has 4 nitrogen and oxygen atoms in total. The van der Waals surface area contributed by atoms with Crippen LogP contribution in [0.15, 0.2) is 6.20 Å². The van der Waals surface area contributed by atoms with Crippen LogP contribution in [0.25, 0.3) is 0 Å². The van der Waals surface area contributed by atoms with E-state index in [1.54, 1.807) is 0 Å². The Balaban J connectivity index is 1.88. The summed E-state index contributed by atoms with van der Waals surface area (Å²) in [4.78, 5) is 4.34. The second-order valence-electron chi connectivity index (χ2n) is 3.82. The first-order valence-corrected chi connectivity index (χ1v) is 5.05. The van der Waals surface area contributed by atoms with Gasteiger partial charge in [0.1, 0.15) is 5.82 Å². The van der Waals surface area contributed by atoms with Crippen molar-refractivity contribution in [2.24, 2.45) is 7.05 Å². The Morgan fingerprint density at radius 1 is 1.71 bits per heavy atom. The van der Waals surface area contributed by atoms with Gasteiger partial charge in [-0.3, -0.25) is 0 Å². The van der Waals surface area contributed by atoms with Gasteiger partial charge in [-0.05, 0) is 13.3 Å². The maximum atomic E-state index is 5.29. The van der Waals surface area contributed by atoms with Crippen molar-refractivity contribution in [3.8, 4) is 0 Å². The van der Waals surface area contributed by atoms with Crippen LogP contribution >= 0.6 is 0 Å². The van der Waals surface area contributed by atoms with E-state index in [1.807, 2.05) is 13.2 Å². The van der Waals surface area contributed by atoms with Gasteiger partial charge in [0, 0.05) is 31.6 Å². The molecule has 4 heteroatoms. The number of aryl methyl sites for hydroxylation is 1. The number of hydrogen-bond donors (Lipinski definition) is 1. The molecule has 1 atom stereocenters. The van der Waals surface area contributed by atoms with Gasteiger partial charge >= 0.3 is 0 Å². The van der Waals surface area contributed by atoms with Crippen molar-refractivity contribution in [1.29, 1.82) is 0 Å². The van der Waals surface area contributed by atoms with Gasteiger partial charge in [0.05, 0.1) is 13.2 Å². The van der Waals surface area contributed by atoms with Crippen LogP contribution in [0.4, 0.5) is 0 Å².